The molecule has 0 atom stereocenters. The minimum absolute atomic E-state index is 0.0738. The number of aryl methyl sites for hydroxylation is 1. The summed E-state index contributed by atoms with van der Waals surface area (Å²) in [4.78, 5) is 11.8. The second kappa shape index (κ2) is 8.67. The van der Waals surface area contributed by atoms with Crippen LogP contribution in [0.3, 0.4) is 0 Å². The third-order valence-corrected chi connectivity index (χ3v) is 3.92. The van der Waals surface area contributed by atoms with Gasteiger partial charge >= 0.3 is 0 Å². The minimum Gasteiger partial charge on any atom is -0.399 e. The summed E-state index contributed by atoms with van der Waals surface area (Å²) in [6, 6.07) is 7.68. The molecular weight excluding hydrogens is 264 g/mol. The molecule has 116 valence electrons. The molecule has 1 aliphatic carbocycles. The summed E-state index contributed by atoms with van der Waals surface area (Å²) >= 11 is 0. The van der Waals surface area contributed by atoms with Crippen molar-refractivity contribution in [2.75, 3.05) is 18.9 Å². The van der Waals surface area contributed by atoms with E-state index in [2.05, 4.69) is 5.32 Å². The van der Waals surface area contributed by atoms with E-state index < -0.39 is 0 Å². The van der Waals surface area contributed by atoms with Gasteiger partial charge in [-0.05, 0) is 37.0 Å². The number of amides is 1. The molecule has 0 heterocycles. The maximum absolute atomic E-state index is 11.8. The summed E-state index contributed by atoms with van der Waals surface area (Å²) in [7, 11) is 0. The van der Waals surface area contributed by atoms with Crippen molar-refractivity contribution in [3.63, 3.8) is 0 Å². The SMILES string of the molecule is Nc1cccc(CCC(=O)NCCOC2CCCCC2)c1. The van der Waals surface area contributed by atoms with E-state index in [0.717, 1.165) is 17.7 Å². The number of nitrogens with one attached hydrogen (secondary N) is 1. The molecule has 0 saturated heterocycles. The first-order valence-electron chi connectivity index (χ1n) is 7.97. The molecule has 1 amide bonds. The van der Waals surface area contributed by atoms with Crippen LogP contribution in [0.1, 0.15) is 44.1 Å². The van der Waals surface area contributed by atoms with Gasteiger partial charge in [-0.15, -0.1) is 0 Å². The van der Waals surface area contributed by atoms with E-state index in [-0.39, 0.29) is 5.91 Å². The van der Waals surface area contributed by atoms with Crippen molar-refractivity contribution >= 4 is 11.6 Å². The number of benzene rings is 1. The summed E-state index contributed by atoms with van der Waals surface area (Å²) in [5.74, 6) is 0.0738. The zero-order valence-electron chi connectivity index (χ0n) is 12.6. The number of anilines is 1. The summed E-state index contributed by atoms with van der Waals surface area (Å²) in [6.07, 6.45) is 7.85. The lowest BCUT2D eigenvalue weighted by Crippen LogP contribution is -2.29. The van der Waals surface area contributed by atoms with E-state index in [4.69, 9.17) is 10.5 Å². The molecule has 0 bridgehead atoms. The zero-order valence-corrected chi connectivity index (χ0v) is 12.6. The van der Waals surface area contributed by atoms with Crippen molar-refractivity contribution in [2.45, 2.75) is 51.0 Å². The molecule has 0 aromatic heterocycles. The van der Waals surface area contributed by atoms with Crippen LogP contribution in [0.4, 0.5) is 5.69 Å². The number of carbonyl (C=O) groups excluding carboxylic acids is 1. The van der Waals surface area contributed by atoms with Crippen LogP contribution in [0, 0.1) is 0 Å². The normalized spacial score (nSPS) is 15.8. The van der Waals surface area contributed by atoms with Crippen molar-refractivity contribution in [3.8, 4) is 0 Å². The zero-order chi connectivity index (χ0) is 14.9. The van der Waals surface area contributed by atoms with E-state index >= 15 is 0 Å². The van der Waals surface area contributed by atoms with Gasteiger partial charge in [0, 0.05) is 18.7 Å². The van der Waals surface area contributed by atoms with Crippen molar-refractivity contribution in [1.29, 1.82) is 0 Å². The van der Waals surface area contributed by atoms with Crippen molar-refractivity contribution in [2.24, 2.45) is 0 Å². The van der Waals surface area contributed by atoms with Gasteiger partial charge in [0.1, 0.15) is 0 Å². The van der Waals surface area contributed by atoms with Crippen LogP contribution >= 0.6 is 0 Å². The molecule has 4 nitrogen and oxygen atoms in total. The van der Waals surface area contributed by atoms with Crippen molar-refractivity contribution in [1.82, 2.24) is 5.32 Å². The largest absolute Gasteiger partial charge is 0.399 e. The quantitative estimate of drug-likeness (QED) is 0.599. The Morgan fingerprint density at radius 2 is 2.10 bits per heavy atom. The summed E-state index contributed by atoms with van der Waals surface area (Å²) in [5, 5.41) is 2.91. The molecular formula is C17H26N2O2. The Morgan fingerprint density at radius 3 is 2.86 bits per heavy atom. The first-order chi connectivity index (χ1) is 10.2. The molecule has 4 heteroatoms. The fourth-order valence-electron chi connectivity index (χ4n) is 2.74. The smallest absolute Gasteiger partial charge is 0.220 e. The van der Waals surface area contributed by atoms with Crippen LogP contribution in [-0.4, -0.2) is 25.2 Å². The Morgan fingerprint density at radius 1 is 1.29 bits per heavy atom. The Balaban J connectivity index is 1.55. The Labute approximate surface area is 127 Å². The van der Waals surface area contributed by atoms with Crippen molar-refractivity contribution < 1.29 is 9.53 Å². The number of rotatable bonds is 7. The van der Waals surface area contributed by atoms with E-state index in [1.807, 2.05) is 24.3 Å². The third-order valence-electron chi connectivity index (χ3n) is 3.92. The van der Waals surface area contributed by atoms with Gasteiger partial charge in [0.25, 0.3) is 0 Å². The standard InChI is InChI=1S/C17H26N2O2/c18-15-6-4-5-14(13-15)9-10-17(20)19-11-12-21-16-7-2-1-3-8-16/h4-6,13,16H,1-3,7-12,18H2,(H,19,20). The molecule has 0 spiro atoms. The van der Waals surface area contributed by atoms with Crippen LogP contribution in [0.15, 0.2) is 24.3 Å². The number of nitrogens with two attached hydrogens (primary N) is 1. The highest BCUT2D eigenvalue weighted by molar-refractivity contribution is 5.76. The van der Waals surface area contributed by atoms with Gasteiger partial charge in [0.15, 0.2) is 0 Å². The van der Waals surface area contributed by atoms with Crippen LogP contribution in [0.2, 0.25) is 0 Å². The monoisotopic (exact) mass is 290 g/mol. The second-order valence-electron chi connectivity index (χ2n) is 5.73. The number of ether oxygens (including phenoxy) is 1. The average molecular weight is 290 g/mol. The predicted molar refractivity (Wildman–Crippen MR) is 85.0 cm³/mol. The highest BCUT2D eigenvalue weighted by Gasteiger charge is 2.13. The molecule has 2 rings (SSSR count). The number of hydrogen-bond donors (Lipinski definition) is 2. The predicted octanol–water partition coefficient (Wildman–Crippen LogP) is 2.67. The molecule has 1 aliphatic rings. The summed E-state index contributed by atoms with van der Waals surface area (Å²) < 4.78 is 5.78. The Kier molecular flexibility index (Phi) is 6.54. The molecule has 1 saturated carbocycles. The van der Waals surface area contributed by atoms with Crippen LogP contribution < -0.4 is 11.1 Å². The Bertz CT molecular complexity index is 442. The molecule has 0 radical (unpaired) electrons. The molecule has 1 aromatic carbocycles. The first kappa shape index (κ1) is 15.8. The topological polar surface area (TPSA) is 64.4 Å². The van der Waals surface area contributed by atoms with Gasteiger partial charge in [0.2, 0.25) is 5.91 Å². The summed E-state index contributed by atoms with van der Waals surface area (Å²) in [6.45, 7) is 1.22. The van der Waals surface area contributed by atoms with Gasteiger partial charge in [-0.1, -0.05) is 31.4 Å². The van der Waals surface area contributed by atoms with Gasteiger partial charge in [0.05, 0.1) is 12.7 Å². The third kappa shape index (κ3) is 6.17. The first-order valence-corrected chi connectivity index (χ1v) is 7.97. The average Bonchev–Trinajstić information content (AvgIpc) is 2.51. The maximum atomic E-state index is 11.8. The van der Waals surface area contributed by atoms with E-state index in [1.165, 1.54) is 32.1 Å². The lowest BCUT2D eigenvalue weighted by molar-refractivity contribution is -0.121. The van der Waals surface area contributed by atoms with Crippen molar-refractivity contribution in [3.05, 3.63) is 29.8 Å². The summed E-state index contributed by atoms with van der Waals surface area (Å²) in [5.41, 5.74) is 7.56. The second-order valence-corrected chi connectivity index (χ2v) is 5.73. The van der Waals surface area contributed by atoms with E-state index in [9.17, 15) is 4.79 Å². The number of hydrogen-bond acceptors (Lipinski definition) is 3. The van der Waals surface area contributed by atoms with E-state index in [1.54, 1.807) is 0 Å². The minimum atomic E-state index is 0.0738. The molecule has 3 N–H and O–H groups in total. The molecule has 0 aliphatic heterocycles. The number of nitrogen functional groups attached to an aromatic ring is 1. The lowest BCUT2D eigenvalue weighted by Gasteiger charge is -2.21. The highest BCUT2D eigenvalue weighted by Crippen LogP contribution is 2.19. The van der Waals surface area contributed by atoms with Crippen LogP contribution in [-0.2, 0) is 16.0 Å². The van der Waals surface area contributed by atoms with Crippen LogP contribution in [0.5, 0.6) is 0 Å². The van der Waals surface area contributed by atoms with E-state index in [0.29, 0.717) is 25.7 Å². The molecule has 1 fully saturated rings. The number of carbonyl (C=O) groups is 1. The van der Waals surface area contributed by atoms with Crippen LogP contribution in [0.25, 0.3) is 0 Å². The van der Waals surface area contributed by atoms with Gasteiger partial charge in [-0.25, -0.2) is 0 Å². The lowest BCUT2D eigenvalue weighted by atomic mass is 9.98. The molecule has 1 aromatic rings. The van der Waals surface area contributed by atoms with Gasteiger partial charge in [-0.2, -0.15) is 0 Å². The Hall–Kier alpha value is -1.55. The van der Waals surface area contributed by atoms with Gasteiger partial charge in [-0.3, -0.25) is 4.79 Å². The van der Waals surface area contributed by atoms with Gasteiger partial charge < -0.3 is 15.8 Å². The maximum Gasteiger partial charge on any atom is 0.220 e. The fourth-order valence-corrected chi connectivity index (χ4v) is 2.74. The fraction of sp³-hybridized carbons (Fsp3) is 0.588. The molecule has 21 heavy (non-hydrogen) atoms. The highest BCUT2D eigenvalue weighted by atomic mass is 16.5. The molecule has 0 unspecified atom stereocenters.